The third-order valence-electron chi connectivity index (χ3n) is 3.98. The number of anilines is 1. The number of nitro groups is 1. The van der Waals surface area contributed by atoms with Gasteiger partial charge in [0, 0.05) is 11.1 Å². The fraction of sp³-hybridized carbons (Fsp3) is 0.200. The predicted octanol–water partition coefficient (Wildman–Crippen LogP) is 4.13. The summed E-state index contributed by atoms with van der Waals surface area (Å²) in [6.07, 6.45) is 0.140. The van der Waals surface area contributed by atoms with Gasteiger partial charge in [0.15, 0.2) is 5.75 Å². The standard InChI is InChI=1S/C20H19N3O5S/c1-13-3-5-14(6-4-13)21-19(24)10-20-22-15(12-29-20)11-28-18-8-7-16(27-2)9-17(18)23(25)26/h3-9,12H,10-11H2,1-2H3,(H,21,24). The second kappa shape index (κ2) is 9.16. The lowest BCUT2D eigenvalue weighted by Gasteiger charge is -2.07. The van der Waals surface area contributed by atoms with E-state index in [2.05, 4.69) is 10.3 Å². The molecule has 1 aromatic heterocycles. The van der Waals surface area contributed by atoms with E-state index in [9.17, 15) is 14.9 Å². The molecule has 3 rings (SSSR count). The van der Waals surface area contributed by atoms with Crippen molar-refractivity contribution in [2.24, 2.45) is 0 Å². The smallest absolute Gasteiger partial charge is 0.314 e. The lowest BCUT2D eigenvalue weighted by Crippen LogP contribution is -2.14. The van der Waals surface area contributed by atoms with Crippen LogP contribution in [0.3, 0.4) is 0 Å². The summed E-state index contributed by atoms with van der Waals surface area (Å²) >= 11 is 1.34. The summed E-state index contributed by atoms with van der Waals surface area (Å²) in [5, 5.41) is 16.4. The van der Waals surface area contributed by atoms with Crippen LogP contribution in [0.1, 0.15) is 16.3 Å². The largest absolute Gasteiger partial charge is 0.496 e. The zero-order chi connectivity index (χ0) is 20.8. The maximum atomic E-state index is 12.2. The van der Waals surface area contributed by atoms with E-state index >= 15 is 0 Å². The molecule has 0 saturated heterocycles. The van der Waals surface area contributed by atoms with Crippen molar-refractivity contribution in [2.45, 2.75) is 20.0 Å². The normalized spacial score (nSPS) is 10.4. The number of methoxy groups -OCH3 is 1. The number of ether oxygens (including phenoxy) is 2. The molecule has 1 N–H and O–H groups in total. The number of hydrogen-bond donors (Lipinski definition) is 1. The number of aryl methyl sites for hydroxylation is 1. The van der Waals surface area contributed by atoms with Gasteiger partial charge in [-0.3, -0.25) is 14.9 Å². The van der Waals surface area contributed by atoms with Crippen LogP contribution in [0.5, 0.6) is 11.5 Å². The lowest BCUT2D eigenvalue weighted by molar-refractivity contribution is -0.386. The summed E-state index contributed by atoms with van der Waals surface area (Å²) in [7, 11) is 1.44. The van der Waals surface area contributed by atoms with Crippen molar-refractivity contribution in [1.82, 2.24) is 4.98 Å². The van der Waals surface area contributed by atoms with Crippen molar-refractivity contribution < 1.29 is 19.2 Å². The third-order valence-corrected chi connectivity index (χ3v) is 4.88. The van der Waals surface area contributed by atoms with Crippen LogP contribution in [-0.2, 0) is 17.8 Å². The highest BCUT2D eigenvalue weighted by Crippen LogP contribution is 2.31. The number of carbonyl (C=O) groups is 1. The summed E-state index contributed by atoms with van der Waals surface area (Å²) in [6, 6.07) is 11.9. The highest BCUT2D eigenvalue weighted by molar-refractivity contribution is 7.09. The molecule has 1 heterocycles. The predicted molar refractivity (Wildman–Crippen MR) is 110 cm³/mol. The molecule has 8 nitrogen and oxygen atoms in total. The zero-order valence-electron chi connectivity index (χ0n) is 15.9. The van der Waals surface area contributed by atoms with Crippen LogP contribution >= 0.6 is 11.3 Å². The number of carbonyl (C=O) groups excluding carboxylic acids is 1. The van der Waals surface area contributed by atoms with Gasteiger partial charge < -0.3 is 14.8 Å². The first-order valence-electron chi connectivity index (χ1n) is 8.69. The van der Waals surface area contributed by atoms with Gasteiger partial charge in [-0.15, -0.1) is 11.3 Å². The van der Waals surface area contributed by atoms with Gasteiger partial charge in [-0.05, 0) is 31.2 Å². The Labute approximate surface area is 171 Å². The first kappa shape index (κ1) is 20.3. The third kappa shape index (κ3) is 5.52. The fourth-order valence-electron chi connectivity index (χ4n) is 2.52. The first-order valence-corrected chi connectivity index (χ1v) is 9.57. The van der Waals surface area contributed by atoms with E-state index < -0.39 is 4.92 Å². The number of amides is 1. The SMILES string of the molecule is COc1ccc(OCc2csc(CC(=O)Nc3ccc(C)cc3)n2)c([N+](=O)[O-])c1. The van der Waals surface area contributed by atoms with Gasteiger partial charge in [-0.2, -0.15) is 0 Å². The molecule has 150 valence electrons. The quantitative estimate of drug-likeness (QED) is 0.440. The molecule has 0 aliphatic heterocycles. The number of nitrogens with zero attached hydrogens (tertiary/aromatic N) is 2. The monoisotopic (exact) mass is 413 g/mol. The maximum absolute atomic E-state index is 12.2. The Morgan fingerprint density at radius 3 is 2.69 bits per heavy atom. The molecule has 0 radical (unpaired) electrons. The van der Waals surface area contributed by atoms with Crippen molar-refractivity contribution >= 4 is 28.6 Å². The minimum absolute atomic E-state index is 0.0588. The van der Waals surface area contributed by atoms with Gasteiger partial charge in [0.1, 0.15) is 17.4 Å². The molecule has 0 unspecified atom stereocenters. The van der Waals surface area contributed by atoms with E-state index in [0.29, 0.717) is 16.5 Å². The van der Waals surface area contributed by atoms with Crippen LogP contribution in [0.25, 0.3) is 0 Å². The highest BCUT2D eigenvalue weighted by atomic mass is 32.1. The molecule has 0 aliphatic rings. The number of hydrogen-bond acceptors (Lipinski definition) is 7. The molecule has 0 spiro atoms. The van der Waals surface area contributed by atoms with E-state index in [1.807, 2.05) is 31.2 Å². The van der Waals surface area contributed by atoms with E-state index in [1.165, 1.54) is 30.6 Å². The van der Waals surface area contributed by atoms with E-state index in [0.717, 1.165) is 11.3 Å². The molecule has 0 bridgehead atoms. The lowest BCUT2D eigenvalue weighted by atomic mass is 10.2. The van der Waals surface area contributed by atoms with E-state index in [4.69, 9.17) is 9.47 Å². The van der Waals surface area contributed by atoms with Crippen LogP contribution in [0, 0.1) is 17.0 Å². The second-order valence-corrected chi connectivity index (χ2v) is 7.15. The Hall–Kier alpha value is -3.46. The van der Waals surface area contributed by atoms with Crippen molar-refractivity contribution in [3.05, 3.63) is 74.2 Å². The fourth-order valence-corrected chi connectivity index (χ4v) is 3.29. The highest BCUT2D eigenvalue weighted by Gasteiger charge is 2.17. The Balaban J connectivity index is 1.58. The molecule has 1 amide bonds. The number of thiazole rings is 1. The molecule has 0 saturated carbocycles. The van der Waals surface area contributed by atoms with Crippen molar-refractivity contribution in [3.63, 3.8) is 0 Å². The molecular formula is C20H19N3O5S. The summed E-state index contributed by atoms with van der Waals surface area (Å²) in [5.41, 5.74) is 2.26. The van der Waals surface area contributed by atoms with Crippen molar-refractivity contribution in [2.75, 3.05) is 12.4 Å². The Morgan fingerprint density at radius 1 is 1.24 bits per heavy atom. The van der Waals surface area contributed by atoms with Crippen LogP contribution in [0.2, 0.25) is 0 Å². The minimum Gasteiger partial charge on any atom is -0.496 e. The van der Waals surface area contributed by atoms with Gasteiger partial charge >= 0.3 is 5.69 Å². The van der Waals surface area contributed by atoms with Gasteiger partial charge in [0.05, 0.1) is 30.2 Å². The number of nitrogens with one attached hydrogen (secondary N) is 1. The number of nitro benzene ring substituents is 1. The summed E-state index contributed by atoms with van der Waals surface area (Å²) in [5.74, 6) is 0.337. The number of benzene rings is 2. The van der Waals surface area contributed by atoms with Crippen LogP contribution < -0.4 is 14.8 Å². The molecule has 2 aromatic carbocycles. The maximum Gasteiger partial charge on any atom is 0.314 e. The summed E-state index contributed by atoms with van der Waals surface area (Å²) in [4.78, 5) is 27.2. The Kier molecular flexibility index (Phi) is 6.40. The minimum atomic E-state index is -0.528. The van der Waals surface area contributed by atoms with Crippen LogP contribution in [-0.4, -0.2) is 22.9 Å². The Bertz CT molecular complexity index is 1020. The summed E-state index contributed by atoms with van der Waals surface area (Å²) < 4.78 is 10.6. The topological polar surface area (TPSA) is 104 Å². The molecule has 0 atom stereocenters. The molecule has 0 aliphatic carbocycles. The van der Waals surface area contributed by atoms with E-state index in [1.54, 1.807) is 11.4 Å². The van der Waals surface area contributed by atoms with Gasteiger partial charge in [0.2, 0.25) is 5.91 Å². The van der Waals surface area contributed by atoms with Crippen LogP contribution in [0.4, 0.5) is 11.4 Å². The molecular weight excluding hydrogens is 394 g/mol. The molecule has 29 heavy (non-hydrogen) atoms. The summed E-state index contributed by atoms with van der Waals surface area (Å²) in [6.45, 7) is 2.04. The molecule has 0 fully saturated rings. The average molecular weight is 413 g/mol. The van der Waals surface area contributed by atoms with Crippen molar-refractivity contribution in [3.8, 4) is 11.5 Å². The average Bonchev–Trinajstić information content (AvgIpc) is 3.15. The number of aromatic nitrogens is 1. The van der Waals surface area contributed by atoms with E-state index in [-0.39, 0.29) is 30.4 Å². The van der Waals surface area contributed by atoms with Gasteiger partial charge in [0.25, 0.3) is 0 Å². The van der Waals surface area contributed by atoms with Crippen molar-refractivity contribution in [1.29, 1.82) is 0 Å². The van der Waals surface area contributed by atoms with Crippen LogP contribution in [0.15, 0.2) is 47.8 Å². The van der Waals surface area contributed by atoms with Gasteiger partial charge in [-0.25, -0.2) is 4.98 Å². The second-order valence-electron chi connectivity index (χ2n) is 6.20. The van der Waals surface area contributed by atoms with Gasteiger partial charge in [-0.1, -0.05) is 17.7 Å². The Morgan fingerprint density at radius 2 is 2.00 bits per heavy atom. The number of rotatable bonds is 8. The molecule has 3 aromatic rings. The molecule has 9 heteroatoms. The first-order chi connectivity index (χ1) is 13.9. The zero-order valence-corrected chi connectivity index (χ0v) is 16.7.